The van der Waals surface area contributed by atoms with E-state index < -0.39 is 23.0 Å². The molecule has 6 heteroatoms. The number of aliphatic imine (C=N–C) groups is 4. The average molecular weight is 727 g/mol. The molecule has 0 bridgehead atoms. The minimum atomic E-state index is -2.02. The Hall–Kier alpha value is -7.18. The van der Waals surface area contributed by atoms with E-state index in [0.717, 1.165) is 33.0 Å². The first-order chi connectivity index (χ1) is 27.6. The van der Waals surface area contributed by atoms with Crippen LogP contribution in [0.25, 0.3) is 21.5 Å². The molecule has 0 amide bonds. The molecule has 0 aromatic heterocycles. The number of rotatable bonds is 7. The average Bonchev–Trinajstić information content (AvgIpc) is 3.87. The molecule has 4 nitrogen and oxygen atoms in total. The maximum Gasteiger partial charge on any atom is 0.229 e. The van der Waals surface area contributed by atoms with Gasteiger partial charge in [0.05, 0.1) is 22.8 Å². The monoisotopic (exact) mass is 726 g/mol. The van der Waals surface area contributed by atoms with Crippen LogP contribution in [0.2, 0.25) is 0 Å². The van der Waals surface area contributed by atoms with Gasteiger partial charge in [0.15, 0.2) is 0 Å². The van der Waals surface area contributed by atoms with Crippen molar-refractivity contribution in [3.8, 4) is 0 Å². The van der Waals surface area contributed by atoms with Crippen LogP contribution < -0.4 is 0 Å². The van der Waals surface area contributed by atoms with Gasteiger partial charge in [0.1, 0.15) is 11.6 Å². The van der Waals surface area contributed by atoms with Gasteiger partial charge < -0.3 is 0 Å². The molecule has 0 fully saturated rings. The van der Waals surface area contributed by atoms with E-state index in [1.807, 2.05) is 170 Å². The van der Waals surface area contributed by atoms with Gasteiger partial charge in [0.25, 0.3) is 0 Å². The number of benzene rings is 8. The maximum absolute atomic E-state index is 17.5. The topological polar surface area (TPSA) is 49.4 Å². The van der Waals surface area contributed by atoms with Crippen LogP contribution in [0.5, 0.6) is 0 Å². The Labute approximate surface area is 322 Å². The summed E-state index contributed by atoms with van der Waals surface area (Å²) in [7, 11) is 0. The third-order valence-corrected chi connectivity index (χ3v) is 10.7. The number of nitrogens with zero attached hydrogens (tertiary/aromatic N) is 4. The highest BCUT2D eigenvalue weighted by molar-refractivity contribution is 6.56. The molecule has 0 spiro atoms. The Morgan fingerprint density at radius 3 is 0.857 bits per heavy atom. The molecule has 0 unspecified atom stereocenters. The minimum absolute atomic E-state index is 0.150. The molecule has 8 aromatic rings. The van der Waals surface area contributed by atoms with Gasteiger partial charge in [-0.2, -0.15) is 0 Å². The lowest BCUT2D eigenvalue weighted by Gasteiger charge is -2.39. The zero-order valence-electron chi connectivity index (χ0n) is 30.0. The van der Waals surface area contributed by atoms with E-state index in [2.05, 4.69) is 0 Å². The summed E-state index contributed by atoms with van der Waals surface area (Å²) in [4.78, 5) is 22.6. The highest BCUT2D eigenvalue weighted by Gasteiger charge is 2.63. The van der Waals surface area contributed by atoms with Crippen LogP contribution in [0, 0.1) is 11.6 Å². The van der Waals surface area contributed by atoms with Gasteiger partial charge >= 0.3 is 0 Å². The minimum Gasteiger partial charge on any atom is -0.243 e. The zero-order chi connectivity index (χ0) is 37.7. The molecular weight excluding hydrogens is 695 g/mol. The Morgan fingerprint density at radius 2 is 0.554 bits per heavy atom. The summed E-state index contributed by atoms with van der Waals surface area (Å²) in [5.41, 5.74) is 1.40. The first-order valence-electron chi connectivity index (χ1n) is 18.5. The van der Waals surface area contributed by atoms with Gasteiger partial charge in [-0.25, -0.2) is 28.8 Å². The molecule has 10 rings (SSSR count). The summed E-state index contributed by atoms with van der Waals surface area (Å²) < 4.78 is 35.1. The molecule has 266 valence electrons. The molecule has 8 aromatic carbocycles. The second-order valence-electron chi connectivity index (χ2n) is 13.9. The lowest BCUT2D eigenvalue weighted by atomic mass is 9.78. The standard InChI is InChI=1S/C50H32F2N4/c51-41-31-29-33-17-13-15-27-39(33)43(41)49(53-45(35-19-5-1-6-20-35)46(54-49)36-21-7-2-8-22-36)50(44-40-28-16-14-18-34(40)30-32-42(44)52)55-47(37-23-9-3-10-24-37)48(56-50)38-25-11-4-12-26-38/h1-32H. The Morgan fingerprint density at radius 1 is 0.286 bits per heavy atom. The fourth-order valence-corrected chi connectivity index (χ4v) is 8.18. The second kappa shape index (κ2) is 13.3. The SMILES string of the molecule is Fc1ccc2ccccc2c1C1(C2(c3c(F)ccc4ccccc34)N=C(c3ccccc3)C(c3ccccc3)=N2)N=C(c2ccccc2)C(c2ccccc2)=N1. The quantitative estimate of drug-likeness (QED) is 0.157. The lowest BCUT2D eigenvalue weighted by Crippen LogP contribution is -2.44. The van der Waals surface area contributed by atoms with Gasteiger partial charge in [-0.3, -0.25) is 0 Å². The molecule has 2 aliphatic rings. The van der Waals surface area contributed by atoms with E-state index >= 15 is 8.78 Å². The Kier molecular flexibility index (Phi) is 7.92. The van der Waals surface area contributed by atoms with Crippen molar-refractivity contribution in [2.75, 3.05) is 0 Å². The number of hydrogen-bond acceptors (Lipinski definition) is 4. The molecule has 0 atom stereocenters. The molecule has 0 radical (unpaired) electrons. The second-order valence-corrected chi connectivity index (χ2v) is 13.9. The fraction of sp³-hybridized carbons (Fsp3) is 0.0400. The van der Waals surface area contributed by atoms with Crippen molar-refractivity contribution in [1.82, 2.24) is 0 Å². The zero-order valence-corrected chi connectivity index (χ0v) is 30.0. The smallest absolute Gasteiger partial charge is 0.229 e. The van der Waals surface area contributed by atoms with Crippen molar-refractivity contribution in [2.45, 2.75) is 11.3 Å². The van der Waals surface area contributed by atoms with Crippen molar-refractivity contribution in [1.29, 1.82) is 0 Å². The lowest BCUT2D eigenvalue weighted by molar-refractivity contribution is 0.246. The van der Waals surface area contributed by atoms with Crippen molar-refractivity contribution >= 4 is 44.4 Å². The van der Waals surface area contributed by atoms with Gasteiger partial charge in [-0.05, 0) is 33.7 Å². The molecule has 56 heavy (non-hydrogen) atoms. The van der Waals surface area contributed by atoms with E-state index in [1.165, 1.54) is 12.1 Å². The molecule has 0 aliphatic carbocycles. The van der Waals surface area contributed by atoms with Crippen LogP contribution in [-0.4, -0.2) is 22.8 Å². The summed E-state index contributed by atoms with van der Waals surface area (Å²) in [6, 6.07) is 60.5. The van der Waals surface area contributed by atoms with E-state index in [9.17, 15) is 0 Å². The van der Waals surface area contributed by atoms with Crippen LogP contribution in [-0.2, 0) is 11.3 Å². The van der Waals surface area contributed by atoms with Crippen LogP contribution in [0.4, 0.5) is 8.78 Å². The molecular formula is C50H32F2N4. The molecule has 2 heterocycles. The van der Waals surface area contributed by atoms with Gasteiger partial charge in [-0.1, -0.05) is 182 Å². The number of hydrogen-bond donors (Lipinski definition) is 0. The van der Waals surface area contributed by atoms with Crippen molar-refractivity contribution in [3.05, 3.63) is 239 Å². The van der Waals surface area contributed by atoms with E-state index in [1.54, 1.807) is 12.1 Å². The summed E-state index contributed by atoms with van der Waals surface area (Å²) in [5, 5.41) is 2.69. The van der Waals surface area contributed by atoms with Crippen molar-refractivity contribution in [2.24, 2.45) is 20.0 Å². The van der Waals surface area contributed by atoms with Crippen molar-refractivity contribution in [3.63, 3.8) is 0 Å². The first kappa shape index (κ1) is 33.4. The van der Waals surface area contributed by atoms with Crippen molar-refractivity contribution < 1.29 is 8.78 Å². The summed E-state index contributed by atoms with van der Waals surface area (Å²) in [6.07, 6.45) is 0. The van der Waals surface area contributed by atoms with Gasteiger partial charge in [0.2, 0.25) is 11.3 Å². The highest BCUT2D eigenvalue weighted by Crippen LogP contribution is 2.58. The fourth-order valence-electron chi connectivity index (χ4n) is 8.18. The van der Waals surface area contributed by atoms with Crippen LogP contribution in [0.3, 0.4) is 0 Å². The third-order valence-electron chi connectivity index (χ3n) is 10.7. The number of halogens is 2. The molecule has 2 aliphatic heterocycles. The highest BCUT2D eigenvalue weighted by atomic mass is 19.1. The largest absolute Gasteiger partial charge is 0.243 e. The number of fused-ring (bicyclic) bond motifs is 2. The summed E-state index contributed by atoms with van der Waals surface area (Å²) in [6.45, 7) is 0. The maximum atomic E-state index is 17.5. The predicted molar refractivity (Wildman–Crippen MR) is 223 cm³/mol. The van der Waals surface area contributed by atoms with E-state index in [0.29, 0.717) is 33.6 Å². The summed E-state index contributed by atoms with van der Waals surface area (Å²) in [5.74, 6) is -1.12. The molecule has 0 N–H and O–H groups in total. The Bertz CT molecular complexity index is 2610. The van der Waals surface area contributed by atoms with Crippen LogP contribution in [0.1, 0.15) is 33.4 Å². The van der Waals surface area contributed by atoms with Gasteiger partial charge in [0, 0.05) is 33.4 Å². The van der Waals surface area contributed by atoms with Gasteiger partial charge in [-0.15, -0.1) is 0 Å². The van der Waals surface area contributed by atoms with Crippen LogP contribution in [0.15, 0.2) is 214 Å². The Balaban J connectivity index is 1.46. The third kappa shape index (κ3) is 5.18. The van der Waals surface area contributed by atoms with E-state index in [4.69, 9.17) is 20.0 Å². The van der Waals surface area contributed by atoms with Crippen LogP contribution >= 0.6 is 0 Å². The normalized spacial score (nSPS) is 15.7. The molecule has 0 saturated heterocycles. The molecule has 0 saturated carbocycles. The first-order valence-corrected chi connectivity index (χ1v) is 18.5. The summed E-state index contributed by atoms with van der Waals surface area (Å²) >= 11 is 0. The predicted octanol–water partition coefficient (Wildman–Crippen LogP) is 11.3. The van der Waals surface area contributed by atoms with E-state index in [-0.39, 0.29) is 11.1 Å².